The SMILES string of the molecule is COc1c(Cl)cc(SCC=C(Cl)Cl)cc1Cl. The number of methoxy groups -OCH3 is 1. The van der Waals surface area contributed by atoms with Crippen LogP contribution >= 0.6 is 58.2 Å². The molecule has 0 aliphatic heterocycles. The molecule has 0 aromatic heterocycles. The van der Waals surface area contributed by atoms with E-state index in [-0.39, 0.29) is 4.49 Å². The molecule has 0 radical (unpaired) electrons. The molecule has 0 heterocycles. The maximum atomic E-state index is 5.99. The van der Waals surface area contributed by atoms with Crippen molar-refractivity contribution in [3.63, 3.8) is 0 Å². The predicted molar refractivity (Wildman–Crippen MR) is 73.5 cm³/mol. The maximum Gasteiger partial charge on any atom is 0.156 e. The summed E-state index contributed by atoms with van der Waals surface area (Å²) < 4.78 is 5.29. The molecule has 0 saturated heterocycles. The van der Waals surface area contributed by atoms with Crippen LogP contribution < -0.4 is 4.74 Å². The quantitative estimate of drug-likeness (QED) is 0.686. The van der Waals surface area contributed by atoms with Gasteiger partial charge in [-0.2, -0.15) is 0 Å². The molecule has 16 heavy (non-hydrogen) atoms. The second kappa shape index (κ2) is 6.87. The van der Waals surface area contributed by atoms with Crippen LogP contribution in [0.15, 0.2) is 27.6 Å². The largest absolute Gasteiger partial charge is 0.494 e. The van der Waals surface area contributed by atoms with Gasteiger partial charge in [-0.1, -0.05) is 46.4 Å². The Bertz CT molecular complexity index is 379. The van der Waals surface area contributed by atoms with Gasteiger partial charge in [-0.3, -0.25) is 0 Å². The van der Waals surface area contributed by atoms with Gasteiger partial charge in [0.25, 0.3) is 0 Å². The van der Waals surface area contributed by atoms with Crippen molar-refractivity contribution in [3.05, 3.63) is 32.7 Å². The van der Waals surface area contributed by atoms with Crippen LogP contribution in [-0.4, -0.2) is 12.9 Å². The van der Waals surface area contributed by atoms with E-state index in [0.717, 1.165) is 4.90 Å². The smallest absolute Gasteiger partial charge is 0.156 e. The van der Waals surface area contributed by atoms with E-state index >= 15 is 0 Å². The molecule has 88 valence electrons. The Balaban J connectivity index is 2.80. The molecule has 1 rings (SSSR count). The Morgan fingerprint density at radius 3 is 2.31 bits per heavy atom. The van der Waals surface area contributed by atoms with Gasteiger partial charge < -0.3 is 4.74 Å². The van der Waals surface area contributed by atoms with E-state index in [9.17, 15) is 0 Å². The summed E-state index contributed by atoms with van der Waals surface area (Å²) in [4.78, 5) is 0.932. The van der Waals surface area contributed by atoms with Gasteiger partial charge in [0.05, 0.1) is 17.2 Å². The summed E-state index contributed by atoms with van der Waals surface area (Å²) in [5, 5.41) is 0.969. The molecule has 6 heteroatoms. The highest BCUT2D eigenvalue weighted by molar-refractivity contribution is 7.99. The molecule has 0 saturated carbocycles. The fourth-order valence-corrected chi connectivity index (χ4v) is 2.97. The summed E-state index contributed by atoms with van der Waals surface area (Å²) in [7, 11) is 1.52. The number of thioether (sulfide) groups is 1. The van der Waals surface area contributed by atoms with Crippen LogP contribution in [0.25, 0.3) is 0 Å². The zero-order chi connectivity index (χ0) is 12.1. The third-order valence-electron chi connectivity index (χ3n) is 1.66. The lowest BCUT2D eigenvalue weighted by atomic mass is 10.3. The maximum absolute atomic E-state index is 5.99. The van der Waals surface area contributed by atoms with E-state index in [0.29, 0.717) is 21.5 Å². The molecule has 0 atom stereocenters. The summed E-state index contributed by atoms with van der Waals surface area (Å²) in [5.74, 6) is 1.14. The minimum atomic E-state index is 0.248. The first kappa shape index (κ1) is 14.3. The minimum Gasteiger partial charge on any atom is -0.494 e. The Kier molecular flexibility index (Phi) is 6.16. The first-order chi connectivity index (χ1) is 7.54. The second-order valence-corrected chi connectivity index (χ2v) is 5.64. The van der Waals surface area contributed by atoms with Gasteiger partial charge in [0.1, 0.15) is 4.49 Å². The van der Waals surface area contributed by atoms with Gasteiger partial charge in [-0.05, 0) is 18.2 Å². The van der Waals surface area contributed by atoms with Crippen molar-refractivity contribution in [2.75, 3.05) is 12.9 Å². The summed E-state index contributed by atoms with van der Waals surface area (Å²) in [6, 6.07) is 3.57. The van der Waals surface area contributed by atoms with Crippen LogP contribution in [0.4, 0.5) is 0 Å². The number of hydrogen-bond donors (Lipinski definition) is 0. The summed E-state index contributed by atoms with van der Waals surface area (Å²) >= 11 is 24.5. The summed E-state index contributed by atoms with van der Waals surface area (Å²) in [6.45, 7) is 0. The molecule has 0 aliphatic carbocycles. The van der Waals surface area contributed by atoms with Gasteiger partial charge >= 0.3 is 0 Å². The third-order valence-corrected chi connectivity index (χ3v) is 3.44. The Morgan fingerprint density at radius 2 is 1.88 bits per heavy atom. The first-order valence-corrected chi connectivity index (χ1v) is 6.71. The monoisotopic (exact) mass is 316 g/mol. The van der Waals surface area contributed by atoms with Gasteiger partial charge in [-0.15, -0.1) is 11.8 Å². The van der Waals surface area contributed by atoms with E-state index in [2.05, 4.69) is 0 Å². The van der Waals surface area contributed by atoms with Crippen LogP contribution in [-0.2, 0) is 0 Å². The molecular formula is C10H8Cl4OS. The molecule has 1 aromatic carbocycles. The topological polar surface area (TPSA) is 9.23 Å². The fourth-order valence-electron chi connectivity index (χ4n) is 1.02. The van der Waals surface area contributed by atoms with Crippen LogP contribution in [0.2, 0.25) is 10.0 Å². The summed E-state index contributed by atoms with van der Waals surface area (Å²) in [5.41, 5.74) is 0. The number of halogens is 4. The van der Waals surface area contributed by atoms with Crippen LogP contribution in [0.3, 0.4) is 0 Å². The second-order valence-electron chi connectivity index (χ2n) is 2.72. The highest BCUT2D eigenvalue weighted by atomic mass is 35.5. The number of rotatable bonds is 4. The highest BCUT2D eigenvalue weighted by Gasteiger charge is 2.08. The van der Waals surface area contributed by atoms with Gasteiger partial charge in [0.2, 0.25) is 0 Å². The van der Waals surface area contributed by atoms with Crippen molar-refractivity contribution >= 4 is 58.2 Å². The lowest BCUT2D eigenvalue weighted by Gasteiger charge is -2.07. The van der Waals surface area contributed by atoms with Gasteiger partial charge in [-0.25, -0.2) is 0 Å². The van der Waals surface area contributed by atoms with Crippen molar-refractivity contribution in [2.45, 2.75) is 4.90 Å². The van der Waals surface area contributed by atoms with E-state index in [1.165, 1.54) is 18.9 Å². The molecule has 0 amide bonds. The van der Waals surface area contributed by atoms with E-state index < -0.39 is 0 Å². The van der Waals surface area contributed by atoms with Crippen LogP contribution in [0.5, 0.6) is 5.75 Å². The van der Waals surface area contributed by atoms with Crippen molar-refractivity contribution in [3.8, 4) is 5.75 Å². The molecule has 1 aromatic rings. The fraction of sp³-hybridized carbons (Fsp3) is 0.200. The zero-order valence-electron chi connectivity index (χ0n) is 8.27. The number of benzene rings is 1. The Hall–Kier alpha value is 0.270. The standard InChI is InChI=1S/C10H8Cl4OS/c1-15-10-7(11)4-6(5-8(10)12)16-3-2-9(13)14/h2,4-5H,3H2,1H3. The first-order valence-electron chi connectivity index (χ1n) is 4.21. The summed E-state index contributed by atoms with van der Waals surface area (Å²) in [6.07, 6.45) is 1.69. The molecule has 0 aliphatic rings. The molecule has 0 bridgehead atoms. The van der Waals surface area contributed by atoms with Crippen LogP contribution in [0, 0.1) is 0 Å². The van der Waals surface area contributed by atoms with Gasteiger partial charge in [0, 0.05) is 10.6 Å². The highest BCUT2D eigenvalue weighted by Crippen LogP contribution is 2.37. The predicted octanol–water partition coefficient (Wildman–Crippen LogP) is 5.41. The number of hydrogen-bond acceptors (Lipinski definition) is 2. The van der Waals surface area contributed by atoms with Crippen molar-refractivity contribution < 1.29 is 4.74 Å². The zero-order valence-corrected chi connectivity index (χ0v) is 12.1. The van der Waals surface area contributed by atoms with Crippen LogP contribution in [0.1, 0.15) is 0 Å². The van der Waals surface area contributed by atoms with Crippen molar-refractivity contribution in [2.24, 2.45) is 0 Å². The molecule has 0 fully saturated rings. The van der Waals surface area contributed by atoms with Crippen molar-refractivity contribution in [1.29, 1.82) is 0 Å². The Morgan fingerprint density at radius 1 is 1.31 bits per heavy atom. The third kappa shape index (κ3) is 4.27. The number of ether oxygens (including phenoxy) is 1. The lowest BCUT2D eigenvalue weighted by molar-refractivity contribution is 0.415. The average molecular weight is 318 g/mol. The van der Waals surface area contributed by atoms with E-state index in [1.54, 1.807) is 18.2 Å². The Labute approximate surface area is 119 Å². The molecule has 0 unspecified atom stereocenters. The van der Waals surface area contributed by atoms with E-state index in [1.807, 2.05) is 0 Å². The van der Waals surface area contributed by atoms with Crippen molar-refractivity contribution in [1.82, 2.24) is 0 Å². The molecular weight excluding hydrogens is 310 g/mol. The van der Waals surface area contributed by atoms with E-state index in [4.69, 9.17) is 51.1 Å². The minimum absolute atomic E-state index is 0.248. The normalized spacial score (nSPS) is 10.1. The molecule has 1 nitrogen and oxygen atoms in total. The molecule has 0 N–H and O–H groups in total. The lowest BCUT2D eigenvalue weighted by Crippen LogP contribution is -1.86. The van der Waals surface area contributed by atoms with Gasteiger partial charge in [0.15, 0.2) is 5.75 Å². The average Bonchev–Trinajstić information content (AvgIpc) is 2.16. The molecule has 0 spiro atoms.